The van der Waals surface area contributed by atoms with E-state index in [0.29, 0.717) is 24.6 Å². The minimum Gasteiger partial charge on any atom is -0.428 e. The zero-order valence-electron chi connectivity index (χ0n) is 14.0. The molecule has 0 atom stereocenters. The van der Waals surface area contributed by atoms with E-state index in [0.717, 1.165) is 31.2 Å². The Balaban J connectivity index is 0.00000288. The van der Waals surface area contributed by atoms with Gasteiger partial charge in [-0.25, -0.2) is 4.79 Å². The molecule has 1 aliphatic rings. The molecule has 0 bridgehead atoms. The summed E-state index contributed by atoms with van der Waals surface area (Å²) < 4.78 is 10.0. The molecule has 0 unspecified atom stereocenters. The predicted octanol–water partition coefficient (Wildman–Crippen LogP) is 2.41. The first kappa shape index (κ1) is 23.7. The molecule has 1 aromatic carbocycles. The molecule has 0 aromatic heterocycles. The van der Waals surface area contributed by atoms with Crippen LogP contribution in [0.5, 0.6) is 0 Å². The molecule has 4 N–H and O–H groups in total. The molecule has 1 saturated carbocycles. The number of benzene rings is 1. The highest BCUT2D eigenvalue weighted by Crippen LogP contribution is 2.28. The normalized spacial score (nSPS) is 19.1. The van der Waals surface area contributed by atoms with Gasteiger partial charge >= 0.3 is 11.9 Å². The Kier molecular flexibility index (Phi) is 11.4. The van der Waals surface area contributed by atoms with Crippen molar-refractivity contribution in [3.63, 3.8) is 0 Å². The summed E-state index contributed by atoms with van der Waals surface area (Å²) in [4.78, 5) is 23.8. The van der Waals surface area contributed by atoms with Gasteiger partial charge in [0.1, 0.15) is 0 Å². The van der Waals surface area contributed by atoms with Crippen molar-refractivity contribution in [3.05, 3.63) is 35.4 Å². The summed E-state index contributed by atoms with van der Waals surface area (Å²) in [6, 6.07) is 6.80. The van der Waals surface area contributed by atoms with Crippen molar-refractivity contribution in [2.75, 3.05) is 13.3 Å². The standard InChI is InChI=1S/C17H24N2O4.2ClH/c18-9-12-1-5-14(6-2-12)16(20)22-11-23-17(21)15-7-3-13(10-19)4-8-15;;/h1-2,5-6,13,15H,3-4,7-11,18-19H2;2*1H. The van der Waals surface area contributed by atoms with Gasteiger partial charge in [-0.15, -0.1) is 24.8 Å². The number of hydrogen-bond acceptors (Lipinski definition) is 6. The number of esters is 2. The third-order valence-electron chi connectivity index (χ3n) is 4.33. The lowest BCUT2D eigenvalue weighted by molar-refractivity contribution is -0.158. The van der Waals surface area contributed by atoms with Crippen LogP contribution in [0.25, 0.3) is 0 Å². The van der Waals surface area contributed by atoms with Crippen LogP contribution in [-0.2, 0) is 20.8 Å². The van der Waals surface area contributed by atoms with Gasteiger partial charge in [-0.2, -0.15) is 0 Å². The zero-order valence-corrected chi connectivity index (χ0v) is 15.7. The summed E-state index contributed by atoms with van der Waals surface area (Å²) in [6.07, 6.45) is 3.47. The molecular formula is C17H26Cl2N2O4. The molecule has 142 valence electrons. The van der Waals surface area contributed by atoms with Crippen LogP contribution in [0.2, 0.25) is 0 Å². The molecule has 25 heavy (non-hydrogen) atoms. The Morgan fingerprint density at radius 2 is 1.56 bits per heavy atom. The SMILES string of the molecule is Cl.Cl.NCc1ccc(C(=O)OCOC(=O)C2CCC(CN)CC2)cc1. The molecule has 8 heteroatoms. The predicted molar refractivity (Wildman–Crippen MR) is 99.7 cm³/mol. The largest absolute Gasteiger partial charge is 0.428 e. The average Bonchev–Trinajstić information content (AvgIpc) is 2.61. The number of halogens is 2. The van der Waals surface area contributed by atoms with E-state index in [-0.39, 0.29) is 43.5 Å². The molecule has 0 aliphatic heterocycles. The van der Waals surface area contributed by atoms with Crippen LogP contribution in [-0.4, -0.2) is 25.3 Å². The van der Waals surface area contributed by atoms with E-state index in [1.165, 1.54) is 0 Å². The molecule has 1 aliphatic carbocycles. The van der Waals surface area contributed by atoms with Gasteiger partial charge in [0.2, 0.25) is 6.79 Å². The number of carbonyl (C=O) groups is 2. The van der Waals surface area contributed by atoms with Gasteiger partial charge in [0.15, 0.2) is 0 Å². The number of carbonyl (C=O) groups excluding carboxylic acids is 2. The van der Waals surface area contributed by atoms with Crippen LogP contribution in [0, 0.1) is 11.8 Å². The Labute approximate surface area is 160 Å². The Morgan fingerprint density at radius 3 is 2.08 bits per heavy atom. The van der Waals surface area contributed by atoms with Gasteiger partial charge in [-0.05, 0) is 55.8 Å². The lowest BCUT2D eigenvalue weighted by Crippen LogP contribution is -2.27. The molecule has 6 nitrogen and oxygen atoms in total. The summed E-state index contributed by atoms with van der Waals surface area (Å²) in [5, 5.41) is 0. The molecule has 0 radical (unpaired) electrons. The highest BCUT2D eigenvalue weighted by molar-refractivity contribution is 5.89. The lowest BCUT2D eigenvalue weighted by atomic mass is 9.82. The fourth-order valence-electron chi connectivity index (χ4n) is 2.75. The van der Waals surface area contributed by atoms with E-state index >= 15 is 0 Å². The van der Waals surface area contributed by atoms with Crippen LogP contribution >= 0.6 is 24.8 Å². The minimum atomic E-state index is -0.520. The molecule has 1 aromatic rings. The van der Waals surface area contributed by atoms with Crippen molar-refractivity contribution in [1.82, 2.24) is 0 Å². The monoisotopic (exact) mass is 392 g/mol. The second kappa shape index (κ2) is 12.1. The molecular weight excluding hydrogens is 367 g/mol. The molecule has 0 heterocycles. The Bertz CT molecular complexity index is 532. The van der Waals surface area contributed by atoms with Crippen LogP contribution in [0.1, 0.15) is 41.6 Å². The van der Waals surface area contributed by atoms with Crippen LogP contribution in [0.4, 0.5) is 0 Å². The number of ether oxygens (including phenoxy) is 2. The highest BCUT2D eigenvalue weighted by Gasteiger charge is 2.26. The van der Waals surface area contributed by atoms with E-state index in [4.69, 9.17) is 20.9 Å². The third-order valence-corrected chi connectivity index (χ3v) is 4.33. The van der Waals surface area contributed by atoms with Gasteiger partial charge < -0.3 is 20.9 Å². The van der Waals surface area contributed by atoms with Crippen LogP contribution < -0.4 is 11.5 Å². The van der Waals surface area contributed by atoms with Gasteiger partial charge in [0, 0.05) is 6.54 Å². The number of nitrogens with two attached hydrogens (primary N) is 2. The summed E-state index contributed by atoms with van der Waals surface area (Å²) in [5.41, 5.74) is 12.5. The van der Waals surface area contributed by atoms with E-state index in [1.54, 1.807) is 24.3 Å². The number of rotatable bonds is 6. The summed E-state index contributed by atoms with van der Waals surface area (Å²) >= 11 is 0. The maximum Gasteiger partial charge on any atom is 0.340 e. The fraction of sp³-hybridized carbons (Fsp3) is 0.529. The smallest absolute Gasteiger partial charge is 0.340 e. The lowest BCUT2D eigenvalue weighted by Gasteiger charge is -2.25. The molecule has 0 saturated heterocycles. The first-order valence-electron chi connectivity index (χ1n) is 7.97. The second-order valence-corrected chi connectivity index (χ2v) is 5.87. The molecule has 0 spiro atoms. The quantitative estimate of drug-likeness (QED) is 0.568. The van der Waals surface area contributed by atoms with Crippen molar-refractivity contribution in [1.29, 1.82) is 0 Å². The molecule has 1 fully saturated rings. The van der Waals surface area contributed by atoms with Crippen LogP contribution in [0.15, 0.2) is 24.3 Å². The second-order valence-electron chi connectivity index (χ2n) is 5.87. The summed E-state index contributed by atoms with van der Waals surface area (Å²) in [7, 11) is 0. The van der Waals surface area contributed by atoms with Gasteiger partial charge in [0.05, 0.1) is 11.5 Å². The van der Waals surface area contributed by atoms with E-state index in [1.807, 2.05) is 0 Å². The Morgan fingerprint density at radius 1 is 0.960 bits per heavy atom. The fourth-order valence-corrected chi connectivity index (χ4v) is 2.75. The number of hydrogen-bond donors (Lipinski definition) is 2. The van der Waals surface area contributed by atoms with Crippen molar-refractivity contribution in [2.24, 2.45) is 23.3 Å². The highest BCUT2D eigenvalue weighted by atomic mass is 35.5. The first-order chi connectivity index (χ1) is 11.1. The van der Waals surface area contributed by atoms with Crippen LogP contribution in [0.3, 0.4) is 0 Å². The minimum absolute atomic E-state index is 0. The van der Waals surface area contributed by atoms with Gasteiger partial charge in [-0.3, -0.25) is 4.79 Å². The maximum absolute atomic E-state index is 11.9. The zero-order chi connectivity index (χ0) is 16.7. The first-order valence-corrected chi connectivity index (χ1v) is 7.97. The topological polar surface area (TPSA) is 105 Å². The van der Waals surface area contributed by atoms with Crippen molar-refractivity contribution in [3.8, 4) is 0 Å². The third kappa shape index (κ3) is 7.20. The van der Waals surface area contributed by atoms with Crippen molar-refractivity contribution in [2.45, 2.75) is 32.2 Å². The van der Waals surface area contributed by atoms with Crippen molar-refractivity contribution < 1.29 is 19.1 Å². The summed E-state index contributed by atoms with van der Waals surface area (Å²) in [5.74, 6) is -0.423. The maximum atomic E-state index is 11.9. The van der Waals surface area contributed by atoms with E-state index in [2.05, 4.69) is 0 Å². The van der Waals surface area contributed by atoms with E-state index < -0.39 is 5.97 Å². The van der Waals surface area contributed by atoms with E-state index in [9.17, 15) is 9.59 Å². The summed E-state index contributed by atoms with van der Waals surface area (Å²) in [6.45, 7) is 0.731. The van der Waals surface area contributed by atoms with Crippen molar-refractivity contribution >= 4 is 36.8 Å². The molecule has 2 rings (SSSR count). The molecule has 0 amide bonds. The average molecular weight is 393 g/mol. The van der Waals surface area contributed by atoms with Gasteiger partial charge in [0.25, 0.3) is 0 Å². The van der Waals surface area contributed by atoms with Gasteiger partial charge in [-0.1, -0.05) is 12.1 Å². The Hall–Kier alpha value is -1.34.